The first kappa shape index (κ1) is 58.0. The van der Waals surface area contributed by atoms with Gasteiger partial charge >= 0.3 is 30.4 Å². The lowest BCUT2D eigenvalue weighted by atomic mass is 10.0. The maximum Gasteiger partial charge on any atom is 0.449 e. The number of hydrogen-bond acceptors (Lipinski definition) is 10. The lowest BCUT2D eigenvalue weighted by molar-refractivity contribution is -0.149. The van der Waals surface area contributed by atoms with E-state index in [4.69, 9.17) is 15.2 Å². The third-order valence-corrected chi connectivity index (χ3v) is 10.6. The van der Waals surface area contributed by atoms with Gasteiger partial charge in [0.25, 0.3) is 0 Å². The summed E-state index contributed by atoms with van der Waals surface area (Å²) in [5.41, 5.74) is 2.51. The maximum absolute atomic E-state index is 14.3. The van der Waals surface area contributed by atoms with Crippen LogP contribution in [-0.4, -0.2) is 101 Å². The number of aromatic carboxylic acids is 1. The molecule has 4 N–H and O–H groups in total. The number of carbonyl (C=O) groups is 5. The van der Waals surface area contributed by atoms with Crippen LogP contribution in [0.15, 0.2) is 24.3 Å². The zero-order chi connectivity index (χ0) is 53.1. The van der Waals surface area contributed by atoms with Crippen molar-refractivity contribution in [1.82, 2.24) is 34.2 Å². The van der Waals surface area contributed by atoms with E-state index in [9.17, 15) is 81.8 Å². The number of carboxylic acid groups (broad SMARTS) is 1. The molecule has 16 nitrogen and oxygen atoms in total. The number of amides is 3. The SMILES string of the molecule is CC(C)(C)OC(=O)NC(CC(=O)N1CCn2c(C(F)(F)F)nc(C(=O)O)c2C1)Cc1cc(F)c(F)cc1F.CCOC(=O)c1nc(C(F)(F)F)n2c1CN(C(=O)CC(N)Cc1cc(F)c(F)cc1F)CC2.Cl. The first-order valence-corrected chi connectivity index (χ1v) is 21.2. The Labute approximate surface area is 406 Å². The summed E-state index contributed by atoms with van der Waals surface area (Å²) < 4.78 is 173. The second-order valence-electron chi connectivity index (χ2n) is 17.1. The number of rotatable bonds is 12. The smallest absolute Gasteiger partial charge is 0.449 e. The van der Waals surface area contributed by atoms with Crippen molar-refractivity contribution in [1.29, 1.82) is 0 Å². The number of ether oxygens (including phenoxy) is 2. The van der Waals surface area contributed by atoms with Crippen LogP contribution in [0.2, 0.25) is 0 Å². The number of alkyl carbamates (subject to hydrolysis) is 1. The number of fused-ring (bicyclic) bond motifs is 2. The second kappa shape index (κ2) is 22.9. The van der Waals surface area contributed by atoms with E-state index in [0.717, 1.165) is 9.47 Å². The van der Waals surface area contributed by atoms with E-state index >= 15 is 0 Å². The highest BCUT2D eigenvalue weighted by molar-refractivity contribution is 5.89. The summed E-state index contributed by atoms with van der Waals surface area (Å²) in [5.74, 6) is -14.3. The second-order valence-corrected chi connectivity index (χ2v) is 17.1. The fraction of sp³-hybridized carbons (Fsp3) is 0.465. The summed E-state index contributed by atoms with van der Waals surface area (Å²) in [6.45, 7) is 4.19. The number of esters is 1. The number of nitrogens with two attached hydrogens (primary N) is 1. The van der Waals surface area contributed by atoms with Crippen LogP contribution in [0.3, 0.4) is 0 Å². The zero-order valence-electron chi connectivity index (χ0n) is 38.3. The number of nitrogens with one attached hydrogen (secondary N) is 1. The van der Waals surface area contributed by atoms with E-state index in [0.29, 0.717) is 28.8 Å². The van der Waals surface area contributed by atoms with Crippen LogP contribution < -0.4 is 11.1 Å². The predicted octanol–water partition coefficient (Wildman–Crippen LogP) is 7.11. The van der Waals surface area contributed by atoms with E-state index in [-0.39, 0.29) is 80.5 Å². The van der Waals surface area contributed by atoms with Gasteiger partial charge in [0.15, 0.2) is 34.7 Å². The van der Waals surface area contributed by atoms with Gasteiger partial charge in [-0.2, -0.15) is 26.3 Å². The van der Waals surface area contributed by atoms with Gasteiger partial charge in [0.1, 0.15) is 17.2 Å². The van der Waals surface area contributed by atoms with Crippen molar-refractivity contribution >= 4 is 42.3 Å². The Morgan fingerprint density at radius 1 is 0.681 bits per heavy atom. The molecule has 0 radical (unpaired) electrons. The van der Waals surface area contributed by atoms with Crippen LogP contribution in [0.5, 0.6) is 0 Å². The highest BCUT2D eigenvalue weighted by atomic mass is 35.5. The van der Waals surface area contributed by atoms with E-state index in [1.165, 1.54) is 11.8 Å². The molecule has 0 saturated heterocycles. The van der Waals surface area contributed by atoms with E-state index in [1.54, 1.807) is 20.8 Å². The predicted molar refractivity (Wildman–Crippen MR) is 226 cm³/mol. The molecule has 2 unspecified atom stereocenters. The molecule has 0 bridgehead atoms. The largest absolute Gasteiger partial charge is 0.476 e. The number of halogens is 13. The Morgan fingerprint density at radius 3 is 1.56 bits per heavy atom. The molecule has 0 aliphatic carbocycles. The molecule has 2 aliphatic rings. The third kappa shape index (κ3) is 14.3. The fourth-order valence-corrected chi connectivity index (χ4v) is 7.53. The molecule has 396 valence electrons. The summed E-state index contributed by atoms with van der Waals surface area (Å²) in [7, 11) is 0. The Kier molecular flexibility index (Phi) is 18.4. The summed E-state index contributed by atoms with van der Waals surface area (Å²) in [6.07, 6.45) is -12.3. The highest BCUT2D eigenvalue weighted by Crippen LogP contribution is 2.34. The monoisotopic (exact) mass is 1060 g/mol. The van der Waals surface area contributed by atoms with Gasteiger partial charge in [0.2, 0.25) is 23.5 Å². The molecule has 6 rings (SSSR count). The van der Waals surface area contributed by atoms with Crippen LogP contribution in [0.1, 0.15) is 95.7 Å². The van der Waals surface area contributed by atoms with Crippen LogP contribution in [0.25, 0.3) is 0 Å². The molecular formula is C43H45ClF12N8O8. The van der Waals surface area contributed by atoms with Crippen LogP contribution in [0, 0.1) is 34.9 Å². The van der Waals surface area contributed by atoms with E-state index < -0.39 is 144 Å². The number of carbonyl (C=O) groups excluding carboxylic acids is 4. The van der Waals surface area contributed by atoms with Gasteiger partial charge in [-0.1, -0.05) is 0 Å². The van der Waals surface area contributed by atoms with Crippen molar-refractivity contribution in [2.24, 2.45) is 5.73 Å². The Bertz CT molecular complexity index is 2690. The minimum atomic E-state index is -4.93. The molecule has 2 aliphatic heterocycles. The van der Waals surface area contributed by atoms with Crippen molar-refractivity contribution in [3.05, 3.63) is 105 Å². The first-order chi connectivity index (χ1) is 32.9. The molecule has 2 atom stereocenters. The van der Waals surface area contributed by atoms with Gasteiger partial charge in [-0.05, 0) is 63.8 Å². The van der Waals surface area contributed by atoms with Crippen LogP contribution >= 0.6 is 12.4 Å². The van der Waals surface area contributed by atoms with Gasteiger partial charge in [-0.15, -0.1) is 12.4 Å². The Balaban J connectivity index is 0.000000311. The van der Waals surface area contributed by atoms with Crippen molar-refractivity contribution in [3.63, 3.8) is 0 Å². The van der Waals surface area contributed by atoms with Gasteiger partial charge in [0, 0.05) is 63.2 Å². The quantitative estimate of drug-likeness (QED) is 0.0742. The third-order valence-electron chi connectivity index (χ3n) is 10.6. The molecule has 0 fully saturated rings. The zero-order valence-corrected chi connectivity index (χ0v) is 39.1. The molecular weight excluding hydrogens is 1020 g/mol. The minimum absolute atomic E-state index is 0. The number of hydrogen-bond donors (Lipinski definition) is 3. The van der Waals surface area contributed by atoms with Crippen molar-refractivity contribution in [2.75, 3.05) is 19.7 Å². The molecule has 3 amide bonds. The normalized spacial score (nSPS) is 14.5. The molecule has 2 aromatic carbocycles. The summed E-state index contributed by atoms with van der Waals surface area (Å²) in [6, 6.07) is -0.254. The Hall–Kier alpha value is -6.58. The lowest BCUT2D eigenvalue weighted by Gasteiger charge is -2.31. The maximum atomic E-state index is 14.3. The van der Waals surface area contributed by atoms with Crippen molar-refractivity contribution in [2.45, 2.75) is 110 Å². The molecule has 2 aromatic heterocycles. The van der Waals surface area contributed by atoms with Crippen molar-refractivity contribution in [3.8, 4) is 0 Å². The molecule has 4 aromatic rings. The summed E-state index contributed by atoms with van der Waals surface area (Å²) >= 11 is 0. The number of aromatic nitrogens is 4. The number of benzene rings is 2. The topological polar surface area (TPSA) is 204 Å². The standard InChI is InChI=1S/C23H24F6N4O5.C20H20F6N4O3.ClH/c1-22(2,3)38-21(37)30-12(6-11-7-14(25)15(26)9-13(11)24)8-17(34)32-4-5-33-16(10-32)18(19(35)36)31-20(33)23(27,28)29;1-2-33-18(32)17-15-9-29(3-4-30(15)19(28-17)20(24,25)26)16(31)7-11(27)5-10-6-13(22)14(23)8-12(10)21;/h7,9,12H,4-6,8,10H2,1-3H3,(H,30,37)(H,35,36);6,8,11H,2-5,7,9,27H2,1H3;1H. The first-order valence-electron chi connectivity index (χ1n) is 21.2. The highest BCUT2D eigenvalue weighted by Gasteiger charge is 2.43. The molecule has 4 heterocycles. The number of imidazole rings is 2. The Morgan fingerprint density at radius 2 is 1.11 bits per heavy atom. The van der Waals surface area contributed by atoms with Crippen molar-refractivity contribution < 1.29 is 91.2 Å². The van der Waals surface area contributed by atoms with Gasteiger partial charge in [-0.3, -0.25) is 9.59 Å². The number of carboxylic acids is 1. The minimum Gasteiger partial charge on any atom is -0.476 e. The number of alkyl halides is 6. The van der Waals surface area contributed by atoms with Crippen LogP contribution in [0.4, 0.5) is 57.5 Å². The average molecular weight is 1070 g/mol. The molecule has 72 heavy (non-hydrogen) atoms. The molecule has 0 spiro atoms. The van der Waals surface area contributed by atoms with Gasteiger partial charge < -0.3 is 44.6 Å². The van der Waals surface area contributed by atoms with Gasteiger partial charge in [-0.25, -0.2) is 50.7 Å². The fourth-order valence-electron chi connectivity index (χ4n) is 7.53. The molecule has 0 saturated carbocycles. The average Bonchev–Trinajstić information content (AvgIpc) is 3.84. The van der Waals surface area contributed by atoms with E-state index in [1.807, 2.05) is 0 Å². The lowest BCUT2D eigenvalue weighted by Crippen LogP contribution is -2.45. The van der Waals surface area contributed by atoms with Crippen LogP contribution in [-0.2, 0) is 70.4 Å². The van der Waals surface area contributed by atoms with E-state index in [2.05, 4.69) is 15.3 Å². The number of nitrogens with zero attached hydrogens (tertiary/aromatic N) is 6. The van der Waals surface area contributed by atoms with Gasteiger partial charge in [0.05, 0.1) is 31.1 Å². The molecule has 29 heteroatoms. The summed E-state index contributed by atoms with van der Waals surface area (Å²) in [4.78, 5) is 70.5. The summed E-state index contributed by atoms with van der Waals surface area (Å²) in [5, 5.41) is 11.7.